The molecule has 94 valence electrons. The second-order valence-electron chi connectivity index (χ2n) is 4.52. The maximum Gasteiger partial charge on any atom is 0.179 e. The lowest BCUT2D eigenvalue weighted by atomic mass is 10.1. The molecule has 3 rings (SSSR count). The Morgan fingerprint density at radius 1 is 0.947 bits per heavy atom. The quantitative estimate of drug-likeness (QED) is 0.711. The number of aromatic nitrogens is 3. The fraction of sp³-hybridized carbons (Fsp3) is 0.188. The Kier molecular flexibility index (Phi) is 3.19. The molecule has 0 fully saturated rings. The summed E-state index contributed by atoms with van der Waals surface area (Å²) in [5, 5.41) is 0. The van der Waals surface area contributed by atoms with Crippen molar-refractivity contribution in [2.45, 2.75) is 19.8 Å². The van der Waals surface area contributed by atoms with Crippen molar-refractivity contribution in [3.05, 3.63) is 54.4 Å². The van der Waals surface area contributed by atoms with Crippen LogP contribution in [0.25, 0.3) is 22.4 Å². The van der Waals surface area contributed by atoms with E-state index in [1.807, 2.05) is 42.5 Å². The van der Waals surface area contributed by atoms with Gasteiger partial charge < -0.3 is 0 Å². The molecular formula is C16H15N3. The fourth-order valence-electron chi connectivity index (χ4n) is 2.08. The molecule has 0 atom stereocenters. The average Bonchev–Trinajstić information content (AvgIpc) is 2.48. The van der Waals surface area contributed by atoms with Crippen molar-refractivity contribution in [3.63, 3.8) is 0 Å². The van der Waals surface area contributed by atoms with Crippen molar-refractivity contribution < 1.29 is 0 Å². The maximum atomic E-state index is 4.61. The first-order valence-corrected chi connectivity index (χ1v) is 6.55. The average molecular weight is 249 g/mol. The van der Waals surface area contributed by atoms with Gasteiger partial charge in [0.1, 0.15) is 5.52 Å². The van der Waals surface area contributed by atoms with Crippen molar-refractivity contribution >= 4 is 11.2 Å². The van der Waals surface area contributed by atoms with Crippen molar-refractivity contribution in [2.24, 2.45) is 0 Å². The molecule has 2 aromatic heterocycles. The van der Waals surface area contributed by atoms with Gasteiger partial charge in [-0.1, -0.05) is 43.7 Å². The van der Waals surface area contributed by atoms with Crippen LogP contribution < -0.4 is 0 Å². The zero-order chi connectivity index (χ0) is 13.1. The lowest BCUT2D eigenvalue weighted by molar-refractivity contribution is 0.886. The Balaban J connectivity index is 2.08. The second-order valence-corrected chi connectivity index (χ2v) is 4.52. The molecule has 0 spiro atoms. The molecule has 0 aliphatic rings. The fourth-order valence-corrected chi connectivity index (χ4v) is 2.08. The number of fused-ring (bicyclic) bond motifs is 1. The molecule has 0 aliphatic heterocycles. The van der Waals surface area contributed by atoms with Gasteiger partial charge in [-0.3, -0.25) is 4.98 Å². The van der Waals surface area contributed by atoms with E-state index < -0.39 is 0 Å². The first kappa shape index (κ1) is 11.8. The van der Waals surface area contributed by atoms with E-state index in [1.54, 1.807) is 6.20 Å². The van der Waals surface area contributed by atoms with Crippen LogP contribution in [0.3, 0.4) is 0 Å². The topological polar surface area (TPSA) is 38.7 Å². The Morgan fingerprint density at radius 3 is 2.58 bits per heavy atom. The second kappa shape index (κ2) is 5.14. The number of hydrogen-bond acceptors (Lipinski definition) is 3. The van der Waals surface area contributed by atoms with Gasteiger partial charge >= 0.3 is 0 Å². The highest BCUT2D eigenvalue weighted by molar-refractivity contribution is 5.73. The molecule has 0 amide bonds. The van der Waals surface area contributed by atoms with E-state index in [1.165, 1.54) is 0 Å². The van der Waals surface area contributed by atoms with Crippen LogP contribution in [0.4, 0.5) is 0 Å². The highest BCUT2D eigenvalue weighted by Crippen LogP contribution is 2.18. The van der Waals surface area contributed by atoms with E-state index in [4.69, 9.17) is 0 Å². The molecule has 2 heterocycles. The van der Waals surface area contributed by atoms with Crippen LogP contribution in [-0.2, 0) is 6.42 Å². The number of aryl methyl sites for hydroxylation is 1. The molecule has 0 N–H and O–H groups in total. The summed E-state index contributed by atoms with van der Waals surface area (Å²) in [6.45, 7) is 2.15. The summed E-state index contributed by atoms with van der Waals surface area (Å²) in [5.41, 5.74) is 4.59. The van der Waals surface area contributed by atoms with Crippen LogP contribution in [0, 0.1) is 0 Å². The van der Waals surface area contributed by atoms with E-state index in [2.05, 4.69) is 21.9 Å². The molecule has 1 aromatic carbocycles. The minimum Gasteiger partial charge on any atom is -0.251 e. The number of benzene rings is 1. The maximum absolute atomic E-state index is 4.61. The van der Waals surface area contributed by atoms with Gasteiger partial charge in [-0.05, 0) is 18.6 Å². The summed E-state index contributed by atoms with van der Waals surface area (Å²) in [7, 11) is 0. The first-order valence-electron chi connectivity index (χ1n) is 6.55. The molecule has 19 heavy (non-hydrogen) atoms. The third-order valence-electron chi connectivity index (χ3n) is 3.04. The highest BCUT2D eigenvalue weighted by Gasteiger charge is 2.04. The van der Waals surface area contributed by atoms with Crippen molar-refractivity contribution in [1.29, 1.82) is 0 Å². The molecule has 3 nitrogen and oxygen atoms in total. The first-order chi connectivity index (χ1) is 9.36. The van der Waals surface area contributed by atoms with Gasteiger partial charge in [0, 0.05) is 11.3 Å². The summed E-state index contributed by atoms with van der Waals surface area (Å²) in [6, 6.07) is 14.1. The summed E-state index contributed by atoms with van der Waals surface area (Å²) >= 11 is 0. The van der Waals surface area contributed by atoms with Gasteiger partial charge in [0.2, 0.25) is 0 Å². The summed E-state index contributed by atoms with van der Waals surface area (Å²) < 4.78 is 0. The van der Waals surface area contributed by atoms with Gasteiger partial charge in [0.25, 0.3) is 0 Å². The highest BCUT2D eigenvalue weighted by atomic mass is 14.9. The molecule has 3 aromatic rings. The number of hydrogen-bond donors (Lipinski definition) is 0. The SMILES string of the molecule is CCCc1ccc2ncc(-c3ccccc3)nc2n1. The third-order valence-corrected chi connectivity index (χ3v) is 3.04. The standard InChI is InChI=1S/C16H15N3/c1-2-6-13-9-10-14-16(18-13)19-15(11-17-14)12-7-4-3-5-8-12/h3-5,7-11H,2,6H2,1H3. The summed E-state index contributed by atoms with van der Waals surface area (Å²) in [4.78, 5) is 13.6. The molecule has 0 radical (unpaired) electrons. The van der Waals surface area contributed by atoms with Crippen LogP contribution in [0.15, 0.2) is 48.7 Å². The molecule has 0 bridgehead atoms. The monoisotopic (exact) mass is 249 g/mol. The lowest BCUT2D eigenvalue weighted by Gasteiger charge is -2.03. The molecule has 0 saturated heterocycles. The van der Waals surface area contributed by atoms with Crippen molar-refractivity contribution in [1.82, 2.24) is 15.0 Å². The smallest absolute Gasteiger partial charge is 0.179 e. The van der Waals surface area contributed by atoms with Gasteiger partial charge in [-0.2, -0.15) is 0 Å². The molecular weight excluding hydrogens is 234 g/mol. The minimum absolute atomic E-state index is 0.729. The number of pyridine rings is 1. The van der Waals surface area contributed by atoms with E-state index in [-0.39, 0.29) is 0 Å². The summed E-state index contributed by atoms with van der Waals surface area (Å²) in [5.74, 6) is 0. The predicted molar refractivity (Wildman–Crippen MR) is 76.8 cm³/mol. The lowest BCUT2D eigenvalue weighted by Crippen LogP contribution is -1.95. The van der Waals surface area contributed by atoms with Crippen LogP contribution >= 0.6 is 0 Å². The Labute approximate surface area is 112 Å². The van der Waals surface area contributed by atoms with E-state index in [0.29, 0.717) is 0 Å². The molecule has 0 saturated carbocycles. The Bertz CT molecular complexity index is 693. The third kappa shape index (κ3) is 2.45. The van der Waals surface area contributed by atoms with Crippen molar-refractivity contribution in [3.8, 4) is 11.3 Å². The van der Waals surface area contributed by atoms with Crippen LogP contribution in [-0.4, -0.2) is 15.0 Å². The summed E-state index contributed by atoms with van der Waals surface area (Å²) in [6.07, 6.45) is 3.87. The van der Waals surface area contributed by atoms with E-state index in [0.717, 1.165) is 41.0 Å². The van der Waals surface area contributed by atoms with E-state index in [9.17, 15) is 0 Å². The largest absolute Gasteiger partial charge is 0.251 e. The van der Waals surface area contributed by atoms with Crippen LogP contribution in [0.2, 0.25) is 0 Å². The van der Waals surface area contributed by atoms with Gasteiger partial charge in [0.05, 0.1) is 11.9 Å². The normalized spacial score (nSPS) is 10.8. The van der Waals surface area contributed by atoms with Gasteiger partial charge in [0.15, 0.2) is 5.65 Å². The van der Waals surface area contributed by atoms with E-state index >= 15 is 0 Å². The van der Waals surface area contributed by atoms with Crippen LogP contribution in [0.5, 0.6) is 0 Å². The molecule has 0 unspecified atom stereocenters. The Hall–Kier alpha value is -2.29. The van der Waals surface area contributed by atoms with Gasteiger partial charge in [-0.25, -0.2) is 9.97 Å². The molecule has 3 heteroatoms. The van der Waals surface area contributed by atoms with Crippen molar-refractivity contribution in [2.75, 3.05) is 0 Å². The zero-order valence-corrected chi connectivity index (χ0v) is 10.9. The van der Waals surface area contributed by atoms with Gasteiger partial charge in [-0.15, -0.1) is 0 Å². The van der Waals surface area contributed by atoms with Crippen LogP contribution in [0.1, 0.15) is 19.0 Å². The number of rotatable bonds is 3. The predicted octanol–water partition coefficient (Wildman–Crippen LogP) is 3.64. The molecule has 0 aliphatic carbocycles. The Morgan fingerprint density at radius 2 is 1.79 bits per heavy atom. The number of nitrogens with zero attached hydrogens (tertiary/aromatic N) is 3. The minimum atomic E-state index is 0.729. The zero-order valence-electron chi connectivity index (χ0n) is 10.9.